The molecule has 1 aromatic heterocycles. The summed E-state index contributed by atoms with van der Waals surface area (Å²) in [5.74, 6) is -0.504. The number of pyridine rings is 1. The van der Waals surface area contributed by atoms with Crippen LogP contribution in [0.4, 0.5) is 30.7 Å². The number of benzene rings is 2. The zero-order valence-electron chi connectivity index (χ0n) is 16.9. The summed E-state index contributed by atoms with van der Waals surface area (Å²) in [5, 5.41) is 0.933. The molecule has 176 valence electrons. The van der Waals surface area contributed by atoms with Crippen LogP contribution >= 0.6 is 23.2 Å². The molecule has 0 radical (unpaired) electrons. The minimum Gasteiger partial charge on any atom is -0.294 e. The number of rotatable bonds is 4. The molecule has 0 amide bonds. The average Bonchev–Trinajstić information content (AvgIpc) is 2.67. The highest BCUT2D eigenvalue weighted by Gasteiger charge is 2.73. The van der Waals surface area contributed by atoms with Crippen LogP contribution in [0.5, 0.6) is 0 Å². The Bertz CT molecular complexity index is 1210. The lowest BCUT2D eigenvalue weighted by Crippen LogP contribution is -2.50. The number of carbonyl (C=O) groups excluding carboxylic acids is 1. The topological polar surface area (TPSA) is 30.0 Å². The van der Waals surface area contributed by atoms with E-state index < -0.39 is 29.4 Å². The monoisotopic (exact) mass is 511 g/mol. The van der Waals surface area contributed by atoms with Crippen LogP contribution in [0.3, 0.4) is 0 Å². The second-order valence-electron chi connectivity index (χ2n) is 7.53. The predicted octanol–water partition coefficient (Wildman–Crippen LogP) is 7.87. The molecule has 0 saturated heterocycles. The van der Waals surface area contributed by atoms with Crippen LogP contribution in [0.15, 0.2) is 36.5 Å². The Hall–Kier alpha value is -2.39. The molecule has 0 spiro atoms. The van der Waals surface area contributed by atoms with Gasteiger partial charge in [-0.2, -0.15) is 26.3 Å². The maximum atomic E-state index is 14.4. The Morgan fingerprint density at radius 3 is 1.94 bits per heavy atom. The maximum absolute atomic E-state index is 14.4. The number of nitrogens with zero attached hydrogens (tertiary/aromatic N) is 1. The molecular formula is C22H14Cl2F7NO. The number of alkyl halides is 7. The molecule has 2 aromatic carbocycles. The van der Waals surface area contributed by atoms with Crippen LogP contribution in [0, 0.1) is 13.8 Å². The minimum atomic E-state index is -6.22. The quantitative estimate of drug-likeness (QED) is 0.263. The Balaban J connectivity index is 2.02. The highest BCUT2D eigenvalue weighted by Crippen LogP contribution is 2.53. The van der Waals surface area contributed by atoms with Crippen molar-refractivity contribution < 1.29 is 35.5 Å². The van der Waals surface area contributed by atoms with Crippen LogP contribution in [0.2, 0.25) is 10.0 Å². The second kappa shape index (κ2) is 8.43. The molecular weight excluding hydrogens is 498 g/mol. The van der Waals surface area contributed by atoms with Crippen molar-refractivity contribution in [2.45, 2.75) is 38.3 Å². The molecule has 0 bridgehead atoms. The van der Waals surface area contributed by atoms with E-state index in [4.69, 9.17) is 23.2 Å². The van der Waals surface area contributed by atoms with E-state index in [9.17, 15) is 35.5 Å². The fourth-order valence-corrected chi connectivity index (χ4v) is 4.00. The van der Waals surface area contributed by atoms with Gasteiger partial charge < -0.3 is 0 Å². The van der Waals surface area contributed by atoms with Gasteiger partial charge in [-0.05, 0) is 48.7 Å². The second-order valence-corrected chi connectivity index (χ2v) is 8.37. The molecule has 1 heterocycles. The standard InChI is InChI=1S/C22H14Cl2F7NO/c1-10-3-14(20(25,21(26,27)28)22(29,30)31)4-11(2)16(10)8-18(33)12-5-13-6-15(23)9-32-19(13)17(24)7-12/h3-7,9H,8H2,1-2H3. The molecule has 0 fully saturated rings. The van der Waals surface area contributed by atoms with Crippen molar-refractivity contribution in [3.05, 3.63) is 74.4 Å². The molecule has 2 nitrogen and oxygen atoms in total. The van der Waals surface area contributed by atoms with Gasteiger partial charge in [0.25, 0.3) is 0 Å². The average molecular weight is 512 g/mol. The van der Waals surface area contributed by atoms with Crippen molar-refractivity contribution in [1.29, 1.82) is 0 Å². The lowest BCUT2D eigenvalue weighted by atomic mass is 9.87. The number of hydrogen-bond acceptors (Lipinski definition) is 2. The third-order valence-corrected chi connectivity index (χ3v) is 5.73. The molecule has 0 atom stereocenters. The summed E-state index contributed by atoms with van der Waals surface area (Å²) >= 11 is 12.1. The van der Waals surface area contributed by atoms with Crippen LogP contribution in [-0.4, -0.2) is 23.1 Å². The van der Waals surface area contributed by atoms with Crippen molar-refractivity contribution in [1.82, 2.24) is 4.98 Å². The summed E-state index contributed by atoms with van der Waals surface area (Å²) in [7, 11) is 0. The molecule has 33 heavy (non-hydrogen) atoms. The molecule has 3 rings (SSSR count). The summed E-state index contributed by atoms with van der Waals surface area (Å²) in [4.78, 5) is 16.9. The smallest absolute Gasteiger partial charge is 0.294 e. The third-order valence-electron chi connectivity index (χ3n) is 5.24. The molecule has 0 unspecified atom stereocenters. The summed E-state index contributed by atoms with van der Waals surface area (Å²) in [6.45, 7) is 2.42. The number of aromatic nitrogens is 1. The van der Waals surface area contributed by atoms with Gasteiger partial charge >= 0.3 is 18.0 Å². The van der Waals surface area contributed by atoms with E-state index in [-0.39, 0.29) is 33.7 Å². The van der Waals surface area contributed by atoms with Crippen molar-refractivity contribution in [3.63, 3.8) is 0 Å². The van der Waals surface area contributed by atoms with Crippen molar-refractivity contribution in [2.75, 3.05) is 0 Å². The van der Waals surface area contributed by atoms with Gasteiger partial charge in [0.2, 0.25) is 0 Å². The molecule has 3 aromatic rings. The first-order chi connectivity index (χ1) is 15.1. The van der Waals surface area contributed by atoms with Crippen molar-refractivity contribution in [2.24, 2.45) is 0 Å². The molecule has 11 heteroatoms. The number of hydrogen-bond donors (Lipinski definition) is 0. The van der Waals surface area contributed by atoms with Gasteiger partial charge in [0.1, 0.15) is 0 Å². The number of Topliss-reactive ketones (excluding diaryl/α,β-unsaturated/α-hetero) is 1. The minimum absolute atomic E-state index is 0.0922. The first kappa shape index (κ1) is 25.2. The Kier molecular flexibility index (Phi) is 6.45. The van der Waals surface area contributed by atoms with Gasteiger partial charge in [-0.25, -0.2) is 4.39 Å². The molecule has 0 saturated carbocycles. The van der Waals surface area contributed by atoms with Gasteiger partial charge in [-0.15, -0.1) is 0 Å². The lowest BCUT2D eigenvalue weighted by molar-refractivity contribution is -0.348. The van der Waals surface area contributed by atoms with E-state index in [1.807, 2.05) is 0 Å². The number of fused-ring (bicyclic) bond motifs is 1. The summed E-state index contributed by atoms with van der Waals surface area (Å²) < 4.78 is 93.0. The first-order valence-electron chi connectivity index (χ1n) is 9.27. The molecule has 0 N–H and O–H groups in total. The van der Waals surface area contributed by atoms with Crippen LogP contribution in [0.25, 0.3) is 10.9 Å². The fraction of sp³-hybridized carbons (Fsp3) is 0.273. The number of aryl methyl sites for hydroxylation is 2. The van der Waals surface area contributed by atoms with Crippen LogP contribution in [0.1, 0.15) is 32.6 Å². The van der Waals surface area contributed by atoms with Gasteiger partial charge in [0.15, 0.2) is 5.78 Å². The number of halogens is 9. The fourth-order valence-electron chi connectivity index (χ4n) is 3.56. The number of ketones is 1. The van der Waals surface area contributed by atoms with Gasteiger partial charge in [0.05, 0.1) is 15.6 Å². The third kappa shape index (κ3) is 4.53. The van der Waals surface area contributed by atoms with Crippen LogP contribution < -0.4 is 0 Å². The Morgan fingerprint density at radius 1 is 0.879 bits per heavy atom. The highest BCUT2D eigenvalue weighted by atomic mass is 35.5. The van der Waals surface area contributed by atoms with E-state index in [0.29, 0.717) is 28.1 Å². The first-order valence-corrected chi connectivity index (χ1v) is 10.0. The van der Waals surface area contributed by atoms with Gasteiger partial charge in [-0.1, -0.05) is 35.3 Å². The van der Waals surface area contributed by atoms with Crippen LogP contribution in [-0.2, 0) is 12.1 Å². The normalized spacial score (nSPS) is 12.9. The van der Waals surface area contributed by atoms with Crippen molar-refractivity contribution in [3.8, 4) is 0 Å². The number of carbonyl (C=O) groups is 1. The van der Waals surface area contributed by atoms with Gasteiger partial charge in [-0.3, -0.25) is 9.78 Å². The SMILES string of the molecule is Cc1cc(C(F)(C(F)(F)F)C(F)(F)F)cc(C)c1CC(=O)c1cc(Cl)c2ncc(Cl)cc2c1. The predicted molar refractivity (Wildman–Crippen MR) is 111 cm³/mol. The lowest BCUT2D eigenvalue weighted by Gasteiger charge is -2.31. The summed E-state index contributed by atoms with van der Waals surface area (Å²) in [6.07, 6.45) is -11.4. The van der Waals surface area contributed by atoms with E-state index in [1.54, 1.807) is 0 Å². The maximum Gasteiger partial charge on any atom is 0.435 e. The van der Waals surface area contributed by atoms with E-state index >= 15 is 0 Å². The zero-order chi connectivity index (χ0) is 24.9. The largest absolute Gasteiger partial charge is 0.435 e. The van der Waals surface area contributed by atoms with E-state index in [1.165, 1.54) is 38.2 Å². The summed E-state index contributed by atoms with van der Waals surface area (Å²) in [6, 6.07) is 5.29. The Labute approximate surface area is 193 Å². The molecule has 0 aliphatic rings. The highest BCUT2D eigenvalue weighted by molar-refractivity contribution is 6.36. The van der Waals surface area contributed by atoms with E-state index in [2.05, 4.69) is 4.98 Å². The van der Waals surface area contributed by atoms with Gasteiger partial charge in [0, 0.05) is 29.1 Å². The summed E-state index contributed by atoms with van der Waals surface area (Å²) in [5.41, 5.74) is -6.61. The van der Waals surface area contributed by atoms with Crippen molar-refractivity contribution >= 4 is 39.9 Å². The molecule has 0 aliphatic heterocycles. The zero-order valence-corrected chi connectivity index (χ0v) is 18.4. The molecule has 0 aliphatic carbocycles. The van der Waals surface area contributed by atoms with E-state index in [0.717, 1.165) is 0 Å². The Morgan fingerprint density at radius 2 is 1.42 bits per heavy atom.